The van der Waals surface area contributed by atoms with E-state index in [1.54, 1.807) is 61.5 Å². The lowest BCUT2D eigenvalue weighted by molar-refractivity contribution is -0.120. The minimum Gasteiger partial charge on any atom is -0.497 e. The van der Waals surface area contributed by atoms with E-state index >= 15 is 0 Å². The van der Waals surface area contributed by atoms with Gasteiger partial charge in [-0.05, 0) is 73.2 Å². The van der Waals surface area contributed by atoms with Crippen LogP contribution in [0.1, 0.15) is 18.5 Å². The Balaban J connectivity index is 1.87. The first-order valence-corrected chi connectivity index (χ1v) is 12.4. The van der Waals surface area contributed by atoms with Crippen molar-refractivity contribution >= 4 is 33.2 Å². The molecule has 3 rings (SSSR count). The lowest BCUT2D eigenvalue weighted by Crippen LogP contribution is -2.41. The molecular weight excluding hydrogens is 492 g/mol. The molecule has 0 bridgehead atoms. The maximum atomic E-state index is 13.5. The number of sulfonamides is 1. The summed E-state index contributed by atoms with van der Waals surface area (Å²) < 4.78 is 43.8. The van der Waals surface area contributed by atoms with E-state index in [4.69, 9.17) is 25.8 Å². The zero-order valence-electron chi connectivity index (χ0n) is 19.8. The van der Waals surface area contributed by atoms with E-state index in [2.05, 4.69) is 5.32 Å². The maximum Gasteiger partial charge on any atom is 0.264 e. The molecule has 3 aromatic carbocycles. The Kier molecular flexibility index (Phi) is 8.48. The predicted octanol–water partition coefficient (Wildman–Crippen LogP) is 4.44. The summed E-state index contributed by atoms with van der Waals surface area (Å²) >= 11 is 5.99. The molecule has 35 heavy (non-hydrogen) atoms. The smallest absolute Gasteiger partial charge is 0.264 e. The van der Waals surface area contributed by atoms with Gasteiger partial charge in [-0.3, -0.25) is 9.10 Å². The molecular formula is C25H27ClN2O6S. The molecule has 0 spiro atoms. The van der Waals surface area contributed by atoms with E-state index in [1.807, 2.05) is 0 Å². The molecule has 1 atom stereocenters. The Labute approximate surface area is 210 Å². The minimum atomic E-state index is -4.07. The molecule has 0 aliphatic rings. The molecule has 0 aliphatic carbocycles. The highest BCUT2D eigenvalue weighted by Gasteiger charge is 2.28. The fraction of sp³-hybridized carbons (Fsp3) is 0.240. The van der Waals surface area contributed by atoms with Gasteiger partial charge in [-0.1, -0.05) is 17.7 Å². The average molecular weight is 519 g/mol. The fourth-order valence-corrected chi connectivity index (χ4v) is 4.97. The molecule has 1 unspecified atom stereocenters. The average Bonchev–Trinajstić information content (AvgIpc) is 2.87. The molecule has 186 valence electrons. The van der Waals surface area contributed by atoms with Crippen molar-refractivity contribution in [3.05, 3.63) is 77.3 Å². The van der Waals surface area contributed by atoms with Crippen LogP contribution in [0.25, 0.3) is 0 Å². The van der Waals surface area contributed by atoms with Crippen molar-refractivity contribution in [3.63, 3.8) is 0 Å². The summed E-state index contributed by atoms with van der Waals surface area (Å²) in [4.78, 5) is 13.0. The molecule has 3 aromatic rings. The number of carbonyl (C=O) groups excluding carboxylic acids is 1. The third-order valence-electron chi connectivity index (χ3n) is 5.33. The number of methoxy groups -OCH3 is 3. The first kappa shape index (κ1) is 26.2. The Bertz CT molecular complexity index is 1260. The van der Waals surface area contributed by atoms with Gasteiger partial charge in [0.15, 0.2) is 11.5 Å². The number of carbonyl (C=O) groups is 1. The number of anilines is 1. The molecule has 10 heteroatoms. The van der Waals surface area contributed by atoms with Crippen LogP contribution in [0.2, 0.25) is 5.02 Å². The third-order valence-corrected chi connectivity index (χ3v) is 7.37. The fourth-order valence-electron chi connectivity index (χ4n) is 3.42. The van der Waals surface area contributed by atoms with Crippen LogP contribution in [-0.2, 0) is 14.8 Å². The van der Waals surface area contributed by atoms with Gasteiger partial charge in [0.05, 0.1) is 38.0 Å². The summed E-state index contributed by atoms with van der Waals surface area (Å²) in [5, 5.41) is 3.30. The molecule has 0 saturated heterocycles. The molecule has 0 aromatic heterocycles. The third kappa shape index (κ3) is 6.17. The van der Waals surface area contributed by atoms with Gasteiger partial charge < -0.3 is 19.5 Å². The second kappa shape index (κ2) is 11.3. The first-order chi connectivity index (χ1) is 16.7. The molecule has 0 saturated carbocycles. The Morgan fingerprint density at radius 1 is 0.914 bits per heavy atom. The van der Waals surface area contributed by atoms with Crippen LogP contribution in [0.4, 0.5) is 5.69 Å². The van der Waals surface area contributed by atoms with E-state index in [9.17, 15) is 13.2 Å². The van der Waals surface area contributed by atoms with Crippen LogP contribution in [0.15, 0.2) is 71.6 Å². The number of benzene rings is 3. The number of amides is 1. The predicted molar refractivity (Wildman–Crippen MR) is 135 cm³/mol. The number of hydrogen-bond acceptors (Lipinski definition) is 6. The molecule has 1 amide bonds. The minimum absolute atomic E-state index is 0.0222. The summed E-state index contributed by atoms with van der Waals surface area (Å²) in [7, 11) is 0.489. The summed E-state index contributed by atoms with van der Waals surface area (Å²) in [6.45, 7) is 1.36. The second-order valence-corrected chi connectivity index (χ2v) is 9.87. The second-order valence-electron chi connectivity index (χ2n) is 7.57. The van der Waals surface area contributed by atoms with Gasteiger partial charge >= 0.3 is 0 Å². The zero-order chi connectivity index (χ0) is 25.6. The first-order valence-electron chi connectivity index (χ1n) is 10.6. The normalized spacial score (nSPS) is 11.9. The summed E-state index contributed by atoms with van der Waals surface area (Å²) in [6.07, 6.45) is 0. The van der Waals surface area contributed by atoms with Gasteiger partial charge in [0.25, 0.3) is 10.0 Å². The highest BCUT2D eigenvalue weighted by Crippen LogP contribution is 2.30. The van der Waals surface area contributed by atoms with Crippen molar-refractivity contribution in [3.8, 4) is 17.2 Å². The monoisotopic (exact) mass is 518 g/mol. The number of nitrogens with one attached hydrogen (secondary N) is 1. The molecule has 0 heterocycles. The van der Waals surface area contributed by atoms with Crippen molar-refractivity contribution in [1.29, 1.82) is 0 Å². The van der Waals surface area contributed by atoms with E-state index in [1.165, 1.54) is 33.5 Å². The van der Waals surface area contributed by atoms with E-state index in [0.717, 1.165) is 9.87 Å². The van der Waals surface area contributed by atoms with Gasteiger partial charge in [-0.2, -0.15) is 0 Å². The van der Waals surface area contributed by atoms with Crippen molar-refractivity contribution < 1.29 is 27.4 Å². The molecule has 0 radical (unpaired) electrons. The Morgan fingerprint density at radius 3 is 2.11 bits per heavy atom. The van der Waals surface area contributed by atoms with Gasteiger partial charge in [0.1, 0.15) is 12.3 Å². The quantitative estimate of drug-likeness (QED) is 0.426. The number of hydrogen-bond donors (Lipinski definition) is 1. The van der Waals surface area contributed by atoms with Gasteiger partial charge in [0.2, 0.25) is 5.91 Å². The van der Waals surface area contributed by atoms with E-state index in [0.29, 0.717) is 28.0 Å². The van der Waals surface area contributed by atoms with Crippen LogP contribution in [0.3, 0.4) is 0 Å². The van der Waals surface area contributed by atoms with E-state index in [-0.39, 0.29) is 4.90 Å². The lowest BCUT2D eigenvalue weighted by Gasteiger charge is -2.25. The SMILES string of the molecule is COc1ccc(S(=O)(=O)N(CC(=O)NC(C)c2ccc(OC)c(OC)c2)c2ccc(Cl)cc2)cc1. The number of halogens is 1. The standard InChI is InChI=1S/C25H27ClN2O6S/c1-17(18-5-14-23(33-3)24(15-18)34-4)27-25(29)16-28(20-8-6-19(26)7-9-20)35(30,31)22-12-10-21(32-2)11-13-22/h5-15,17H,16H2,1-4H3,(H,27,29). The Morgan fingerprint density at radius 2 is 1.54 bits per heavy atom. The highest BCUT2D eigenvalue weighted by molar-refractivity contribution is 7.92. The van der Waals surface area contributed by atoms with Gasteiger partial charge in [-0.15, -0.1) is 0 Å². The van der Waals surface area contributed by atoms with Crippen molar-refractivity contribution in [1.82, 2.24) is 5.32 Å². The van der Waals surface area contributed by atoms with Crippen LogP contribution in [0, 0.1) is 0 Å². The van der Waals surface area contributed by atoms with Crippen molar-refractivity contribution in [2.24, 2.45) is 0 Å². The lowest BCUT2D eigenvalue weighted by atomic mass is 10.1. The summed E-state index contributed by atoms with van der Waals surface area (Å²) in [5.41, 5.74) is 1.08. The Hall–Kier alpha value is -3.43. The molecule has 0 aliphatic heterocycles. The number of rotatable bonds is 10. The molecule has 1 N–H and O–H groups in total. The van der Waals surface area contributed by atoms with Gasteiger partial charge in [-0.25, -0.2) is 8.42 Å². The van der Waals surface area contributed by atoms with Crippen LogP contribution in [-0.4, -0.2) is 42.2 Å². The number of ether oxygens (including phenoxy) is 3. The van der Waals surface area contributed by atoms with Crippen LogP contribution in [0.5, 0.6) is 17.2 Å². The van der Waals surface area contributed by atoms with E-state index < -0.39 is 28.5 Å². The molecule has 8 nitrogen and oxygen atoms in total. The topological polar surface area (TPSA) is 94.2 Å². The molecule has 0 fully saturated rings. The number of nitrogens with zero attached hydrogens (tertiary/aromatic N) is 1. The van der Waals surface area contributed by atoms with Crippen molar-refractivity contribution in [2.75, 3.05) is 32.2 Å². The largest absolute Gasteiger partial charge is 0.497 e. The van der Waals surface area contributed by atoms with Gasteiger partial charge in [0, 0.05) is 5.02 Å². The summed E-state index contributed by atoms with van der Waals surface area (Å²) in [5.74, 6) is 1.12. The zero-order valence-corrected chi connectivity index (χ0v) is 21.4. The summed E-state index contributed by atoms with van der Waals surface area (Å²) in [6, 6.07) is 17.1. The van der Waals surface area contributed by atoms with Crippen LogP contribution < -0.4 is 23.8 Å². The van der Waals surface area contributed by atoms with Crippen LogP contribution >= 0.6 is 11.6 Å². The highest BCUT2D eigenvalue weighted by atomic mass is 35.5. The maximum absolute atomic E-state index is 13.5. The van der Waals surface area contributed by atoms with Crippen molar-refractivity contribution in [2.45, 2.75) is 17.9 Å².